The SMILES string of the molecule is CC[C](CC)=[Zr+2]([CH]1C=CC=C1)[CH]1C=Cc2c(C)ccc(C)c21.[Cl-].[Cl-]. The van der Waals surface area contributed by atoms with Crippen LogP contribution in [0.1, 0.15) is 52.6 Å². The van der Waals surface area contributed by atoms with Gasteiger partial charge in [-0.1, -0.05) is 0 Å². The van der Waals surface area contributed by atoms with Crippen molar-refractivity contribution in [3.8, 4) is 0 Å². The Morgan fingerprint density at radius 1 is 0.917 bits per heavy atom. The van der Waals surface area contributed by atoms with Crippen molar-refractivity contribution in [2.24, 2.45) is 0 Å². The van der Waals surface area contributed by atoms with E-state index in [9.17, 15) is 0 Å². The molecule has 0 spiro atoms. The quantitative estimate of drug-likeness (QED) is 0.614. The second kappa shape index (κ2) is 9.47. The van der Waals surface area contributed by atoms with Crippen molar-refractivity contribution in [2.45, 2.75) is 47.8 Å². The van der Waals surface area contributed by atoms with Gasteiger partial charge in [-0.3, -0.25) is 0 Å². The van der Waals surface area contributed by atoms with Crippen LogP contribution in [-0.4, -0.2) is 3.21 Å². The van der Waals surface area contributed by atoms with E-state index in [4.69, 9.17) is 0 Å². The maximum absolute atomic E-state index is 2.55. The van der Waals surface area contributed by atoms with E-state index in [-0.39, 0.29) is 24.8 Å². The van der Waals surface area contributed by atoms with Crippen LogP contribution >= 0.6 is 0 Å². The van der Waals surface area contributed by atoms with E-state index in [0.29, 0.717) is 0 Å². The van der Waals surface area contributed by atoms with E-state index >= 15 is 0 Å². The van der Waals surface area contributed by atoms with Gasteiger partial charge in [0.25, 0.3) is 0 Å². The summed E-state index contributed by atoms with van der Waals surface area (Å²) < 4.78 is 3.37. The molecule has 1 aromatic rings. The third-order valence-corrected chi connectivity index (χ3v) is 14.5. The Morgan fingerprint density at radius 2 is 1.50 bits per heavy atom. The normalized spacial score (nSPS) is 17.0. The molecule has 128 valence electrons. The van der Waals surface area contributed by atoms with Crippen molar-refractivity contribution in [3.05, 3.63) is 64.8 Å². The van der Waals surface area contributed by atoms with E-state index < -0.39 is 21.3 Å². The fourth-order valence-corrected chi connectivity index (χ4v) is 13.3. The molecule has 24 heavy (non-hydrogen) atoms. The Morgan fingerprint density at radius 3 is 2.08 bits per heavy atom. The van der Waals surface area contributed by atoms with Gasteiger partial charge in [0.2, 0.25) is 0 Å². The summed E-state index contributed by atoms with van der Waals surface area (Å²) >= 11 is -1.78. The van der Waals surface area contributed by atoms with E-state index in [1.807, 2.05) is 3.21 Å². The molecule has 1 atom stereocenters. The van der Waals surface area contributed by atoms with Crippen molar-refractivity contribution in [3.63, 3.8) is 0 Å². The molecule has 0 aromatic heterocycles. The van der Waals surface area contributed by atoms with Crippen LogP contribution in [0.25, 0.3) is 6.08 Å². The van der Waals surface area contributed by atoms with Crippen molar-refractivity contribution in [2.75, 3.05) is 0 Å². The molecule has 0 saturated heterocycles. The number of rotatable bonds is 4. The molecule has 2 aliphatic carbocycles. The molecule has 1 aromatic carbocycles. The zero-order valence-corrected chi connectivity index (χ0v) is 18.9. The Balaban J connectivity index is 0.00000144. The molecule has 0 nitrogen and oxygen atoms in total. The zero-order valence-electron chi connectivity index (χ0n) is 14.9. The van der Waals surface area contributed by atoms with Crippen molar-refractivity contribution in [1.82, 2.24) is 0 Å². The van der Waals surface area contributed by atoms with Crippen LogP contribution in [-0.2, 0) is 21.3 Å². The fraction of sp³-hybridized carbons (Fsp3) is 0.381. The largest absolute Gasteiger partial charge is 1.00 e. The van der Waals surface area contributed by atoms with Gasteiger partial charge in [0, 0.05) is 0 Å². The average molecular weight is 441 g/mol. The number of hydrogen-bond donors (Lipinski definition) is 0. The van der Waals surface area contributed by atoms with Crippen molar-refractivity contribution in [1.29, 1.82) is 0 Å². The Bertz CT molecular complexity index is 693. The molecule has 2 aliphatic rings. The molecule has 0 saturated carbocycles. The van der Waals surface area contributed by atoms with Crippen LogP contribution in [0.4, 0.5) is 0 Å². The molecule has 0 fully saturated rings. The Kier molecular flexibility index (Phi) is 8.60. The van der Waals surface area contributed by atoms with Crippen molar-refractivity contribution >= 4 is 9.28 Å². The van der Waals surface area contributed by atoms with Gasteiger partial charge in [0.1, 0.15) is 0 Å². The summed E-state index contributed by atoms with van der Waals surface area (Å²) in [7, 11) is 0. The van der Waals surface area contributed by atoms with Crippen LogP contribution in [0.5, 0.6) is 0 Å². The number of allylic oxidation sites excluding steroid dienone is 5. The van der Waals surface area contributed by atoms with Crippen LogP contribution in [0.3, 0.4) is 0 Å². The van der Waals surface area contributed by atoms with Crippen LogP contribution in [0.2, 0.25) is 3.63 Å². The van der Waals surface area contributed by atoms with Gasteiger partial charge >= 0.3 is 143 Å². The number of aryl methyl sites for hydroxylation is 2. The fourth-order valence-electron chi connectivity index (χ4n) is 4.00. The minimum Gasteiger partial charge on any atom is -1.00 e. The topological polar surface area (TPSA) is 0 Å². The zero-order chi connectivity index (χ0) is 15.7. The molecule has 3 heteroatoms. The van der Waals surface area contributed by atoms with E-state index in [1.165, 1.54) is 29.5 Å². The van der Waals surface area contributed by atoms with Gasteiger partial charge in [-0.05, 0) is 0 Å². The van der Waals surface area contributed by atoms with Gasteiger partial charge in [-0.15, -0.1) is 0 Å². The number of benzene rings is 1. The average Bonchev–Trinajstić information content (AvgIpc) is 3.18. The van der Waals surface area contributed by atoms with E-state index in [0.717, 1.165) is 7.25 Å². The second-order valence-corrected chi connectivity index (χ2v) is 13.6. The third kappa shape index (κ3) is 3.95. The first-order valence-corrected chi connectivity index (χ1v) is 12.6. The van der Waals surface area contributed by atoms with Gasteiger partial charge < -0.3 is 24.8 Å². The van der Waals surface area contributed by atoms with Crippen LogP contribution in [0, 0.1) is 13.8 Å². The molecule has 0 aliphatic heterocycles. The van der Waals surface area contributed by atoms with Gasteiger partial charge in [0.15, 0.2) is 0 Å². The molecule has 0 radical (unpaired) electrons. The van der Waals surface area contributed by atoms with Crippen LogP contribution < -0.4 is 24.8 Å². The number of fused-ring (bicyclic) bond motifs is 1. The summed E-state index contributed by atoms with van der Waals surface area (Å²) in [5.74, 6) is 0. The molecular formula is C21H26Cl2Zr. The predicted molar refractivity (Wildman–Crippen MR) is 95.3 cm³/mol. The first-order valence-electron chi connectivity index (χ1n) is 8.52. The van der Waals surface area contributed by atoms with E-state index in [2.05, 4.69) is 76.3 Å². The second-order valence-electron chi connectivity index (χ2n) is 6.43. The predicted octanol–water partition coefficient (Wildman–Crippen LogP) is -0.0956. The molecule has 0 heterocycles. The van der Waals surface area contributed by atoms with Crippen LogP contribution in [0.15, 0.2) is 42.5 Å². The minimum absolute atomic E-state index is 0. The maximum Gasteiger partial charge on any atom is -1.00 e. The first kappa shape index (κ1) is 21.8. The molecule has 1 unspecified atom stereocenters. The van der Waals surface area contributed by atoms with E-state index in [1.54, 1.807) is 5.56 Å². The molecule has 3 rings (SSSR count). The monoisotopic (exact) mass is 438 g/mol. The summed E-state index contributed by atoms with van der Waals surface area (Å²) in [6.45, 7) is 9.29. The summed E-state index contributed by atoms with van der Waals surface area (Å²) in [4.78, 5) is 0. The number of hydrogen-bond acceptors (Lipinski definition) is 0. The maximum atomic E-state index is 2.55. The van der Waals surface area contributed by atoms with Gasteiger partial charge in [0.05, 0.1) is 0 Å². The smallest absolute Gasteiger partial charge is 1.00 e. The van der Waals surface area contributed by atoms with Gasteiger partial charge in [-0.2, -0.15) is 0 Å². The summed E-state index contributed by atoms with van der Waals surface area (Å²) in [6.07, 6.45) is 17.0. The summed E-state index contributed by atoms with van der Waals surface area (Å²) in [5.41, 5.74) is 6.10. The molecular weight excluding hydrogens is 414 g/mol. The minimum atomic E-state index is -1.78. The number of halogens is 2. The standard InChI is InChI=1S/C11H11.C5H5.C5H10.2ClH.Zr/c1-8-6-7-9(2)11-5-3-4-10(8)11;1-2-4-5-3-1;1-3-5-4-2;;;/h3-7H,1-2H3;1-5H;3-4H2,1-2H3;2*1H;/q;;;;;+2/p-2. The van der Waals surface area contributed by atoms with Crippen molar-refractivity contribution < 1.29 is 46.1 Å². The molecule has 0 amide bonds. The third-order valence-electron chi connectivity index (χ3n) is 5.19. The molecule has 0 bridgehead atoms. The summed E-state index contributed by atoms with van der Waals surface area (Å²) in [5, 5.41) is 0. The molecule has 0 N–H and O–H groups in total. The first-order chi connectivity index (χ1) is 10.7. The van der Waals surface area contributed by atoms with Gasteiger partial charge in [-0.25, -0.2) is 0 Å². The Labute approximate surface area is 167 Å². The summed E-state index contributed by atoms with van der Waals surface area (Å²) in [6, 6.07) is 4.61. The Hall–Kier alpha value is -0.227.